The number of rotatable bonds is 7. The second-order valence-electron chi connectivity index (χ2n) is 8.61. The molecule has 2 heterocycles. The van der Waals surface area contributed by atoms with Crippen LogP contribution in [-0.2, 0) is 16.0 Å². The van der Waals surface area contributed by atoms with Gasteiger partial charge in [-0.2, -0.15) is 0 Å². The van der Waals surface area contributed by atoms with E-state index in [1.807, 2.05) is 36.4 Å². The minimum Gasteiger partial charge on any atom is -0.370 e. The molecule has 1 unspecified atom stereocenters. The SMILES string of the molecule is NC(=O)c1ccc(N2CCCCC2)c(NC(=O)C2CC(=O)N(CCc3ccccc3)C2)c1. The number of anilines is 2. The van der Waals surface area contributed by atoms with Crippen LogP contribution in [0.5, 0.6) is 0 Å². The lowest BCUT2D eigenvalue weighted by molar-refractivity contribution is -0.128. The first kappa shape index (κ1) is 21.9. The maximum absolute atomic E-state index is 13.1. The number of amides is 3. The number of primary amides is 1. The van der Waals surface area contributed by atoms with Crippen LogP contribution in [0.2, 0.25) is 0 Å². The summed E-state index contributed by atoms with van der Waals surface area (Å²) in [4.78, 5) is 41.3. The van der Waals surface area contributed by atoms with E-state index in [1.54, 1.807) is 17.0 Å². The fourth-order valence-corrected chi connectivity index (χ4v) is 4.51. The van der Waals surface area contributed by atoms with E-state index in [4.69, 9.17) is 5.73 Å². The van der Waals surface area contributed by atoms with Gasteiger partial charge in [0.1, 0.15) is 0 Å². The average Bonchev–Trinajstić information content (AvgIpc) is 3.19. The highest BCUT2D eigenvalue weighted by molar-refractivity contribution is 6.01. The summed E-state index contributed by atoms with van der Waals surface area (Å²) in [6, 6.07) is 15.2. The quantitative estimate of drug-likeness (QED) is 0.700. The van der Waals surface area contributed by atoms with Crippen molar-refractivity contribution >= 4 is 29.1 Å². The number of hydrogen-bond donors (Lipinski definition) is 2. The van der Waals surface area contributed by atoms with Gasteiger partial charge >= 0.3 is 0 Å². The molecule has 0 bridgehead atoms. The van der Waals surface area contributed by atoms with Gasteiger partial charge in [-0.15, -0.1) is 0 Å². The van der Waals surface area contributed by atoms with Gasteiger partial charge in [0, 0.05) is 38.2 Å². The molecule has 3 N–H and O–H groups in total. The number of hydrogen-bond acceptors (Lipinski definition) is 4. The molecule has 3 amide bonds. The van der Waals surface area contributed by atoms with E-state index in [1.165, 1.54) is 12.0 Å². The van der Waals surface area contributed by atoms with Crippen LogP contribution in [0.4, 0.5) is 11.4 Å². The molecule has 0 radical (unpaired) electrons. The van der Waals surface area contributed by atoms with Crippen molar-refractivity contribution in [3.05, 3.63) is 59.7 Å². The highest BCUT2D eigenvalue weighted by Crippen LogP contribution is 2.31. The molecule has 7 heteroatoms. The van der Waals surface area contributed by atoms with Gasteiger partial charge in [0.2, 0.25) is 17.7 Å². The molecule has 2 aromatic carbocycles. The second-order valence-corrected chi connectivity index (χ2v) is 8.61. The number of nitrogens with zero attached hydrogens (tertiary/aromatic N) is 2. The lowest BCUT2D eigenvalue weighted by atomic mass is 10.1. The zero-order valence-electron chi connectivity index (χ0n) is 18.3. The molecular formula is C25H30N4O3. The third-order valence-corrected chi connectivity index (χ3v) is 6.33. The summed E-state index contributed by atoms with van der Waals surface area (Å²) in [6.45, 7) is 2.83. The lowest BCUT2D eigenvalue weighted by Gasteiger charge is -2.31. The molecule has 168 valence electrons. The van der Waals surface area contributed by atoms with Gasteiger partial charge in [0.25, 0.3) is 0 Å². The molecule has 1 atom stereocenters. The largest absolute Gasteiger partial charge is 0.370 e. The van der Waals surface area contributed by atoms with E-state index in [-0.39, 0.29) is 18.2 Å². The van der Waals surface area contributed by atoms with E-state index >= 15 is 0 Å². The number of nitrogens with one attached hydrogen (secondary N) is 1. The maximum atomic E-state index is 13.1. The number of carbonyl (C=O) groups is 3. The lowest BCUT2D eigenvalue weighted by Crippen LogP contribution is -2.32. The first-order chi connectivity index (χ1) is 15.5. The number of nitrogens with two attached hydrogens (primary N) is 1. The maximum Gasteiger partial charge on any atom is 0.248 e. The van der Waals surface area contributed by atoms with Gasteiger partial charge < -0.3 is 20.9 Å². The Morgan fingerprint density at radius 3 is 2.50 bits per heavy atom. The van der Waals surface area contributed by atoms with E-state index < -0.39 is 11.8 Å². The molecule has 2 fully saturated rings. The van der Waals surface area contributed by atoms with E-state index in [2.05, 4.69) is 10.2 Å². The van der Waals surface area contributed by atoms with E-state index in [0.29, 0.717) is 24.3 Å². The van der Waals surface area contributed by atoms with Crippen LogP contribution >= 0.6 is 0 Å². The van der Waals surface area contributed by atoms with Crippen molar-refractivity contribution in [2.75, 3.05) is 36.4 Å². The van der Waals surface area contributed by atoms with Crippen molar-refractivity contribution < 1.29 is 14.4 Å². The van der Waals surface area contributed by atoms with Gasteiger partial charge in [-0.3, -0.25) is 14.4 Å². The highest BCUT2D eigenvalue weighted by Gasteiger charge is 2.34. The highest BCUT2D eigenvalue weighted by atomic mass is 16.2. The number of piperidine rings is 1. The monoisotopic (exact) mass is 434 g/mol. The Morgan fingerprint density at radius 2 is 1.78 bits per heavy atom. The zero-order valence-corrected chi connectivity index (χ0v) is 18.3. The Balaban J connectivity index is 1.44. The van der Waals surface area contributed by atoms with Crippen LogP contribution < -0.4 is 16.0 Å². The summed E-state index contributed by atoms with van der Waals surface area (Å²) < 4.78 is 0. The number of carbonyl (C=O) groups excluding carboxylic acids is 3. The molecule has 0 aliphatic carbocycles. The summed E-state index contributed by atoms with van der Waals surface area (Å²) in [5, 5.41) is 2.99. The van der Waals surface area contributed by atoms with Crippen molar-refractivity contribution in [2.45, 2.75) is 32.1 Å². The van der Waals surface area contributed by atoms with Gasteiger partial charge in [-0.05, 0) is 49.4 Å². The summed E-state index contributed by atoms with van der Waals surface area (Å²) in [5.74, 6) is -1.14. The number of benzene rings is 2. The van der Waals surface area contributed by atoms with Crippen LogP contribution in [0.1, 0.15) is 41.6 Å². The molecule has 2 aliphatic heterocycles. The van der Waals surface area contributed by atoms with Crippen LogP contribution in [0.25, 0.3) is 0 Å². The molecule has 4 rings (SSSR count). The number of likely N-dealkylation sites (tertiary alicyclic amines) is 1. The summed E-state index contributed by atoms with van der Waals surface area (Å²) in [6.07, 6.45) is 4.35. The van der Waals surface area contributed by atoms with Crippen LogP contribution in [-0.4, -0.2) is 48.8 Å². The first-order valence-electron chi connectivity index (χ1n) is 11.3. The molecule has 2 aliphatic rings. The Bertz CT molecular complexity index is 986. The topological polar surface area (TPSA) is 95.7 Å². The molecule has 0 saturated carbocycles. The van der Waals surface area contributed by atoms with Gasteiger partial charge in [0.05, 0.1) is 17.3 Å². The molecule has 0 aromatic heterocycles. The van der Waals surface area contributed by atoms with Crippen molar-refractivity contribution in [3.63, 3.8) is 0 Å². The zero-order chi connectivity index (χ0) is 22.5. The van der Waals surface area contributed by atoms with Crippen molar-refractivity contribution in [3.8, 4) is 0 Å². The minimum atomic E-state index is -0.533. The van der Waals surface area contributed by atoms with E-state index in [0.717, 1.165) is 38.0 Å². The van der Waals surface area contributed by atoms with Gasteiger partial charge in [0.15, 0.2) is 0 Å². The predicted octanol–water partition coefficient (Wildman–Crippen LogP) is 2.81. The summed E-state index contributed by atoms with van der Waals surface area (Å²) >= 11 is 0. The summed E-state index contributed by atoms with van der Waals surface area (Å²) in [7, 11) is 0. The van der Waals surface area contributed by atoms with Crippen LogP contribution in [0.3, 0.4) is 0 Å². The first-order valence-corrected chi connectivity index (χ1v) is 11.3. The predicted molar refractivity (Wildman–Crippen MR) is 124 cm³/mol. The third kappa shape index (κ3) is 5.10. The Labute approximate surface area is 188 Å². The fraction of sp³-hybridized carbons (Fsp3) is 0.400. The molecule has 7 nitrogen and oxygen atoms in total. The average molecular weight is 435 g/mol. The van der Waals surface area contributed by atoms with Crippen molar-refractivity contribution in [1.29, 1.82) is 0 Å². The van der Waals surface area contributed by atoms with E-state index in [9.17, 15) is 14.4 Å². The molecular weight excluding hydrogens is 404 g/mol. The van der Waals surface area contributed by atoms with Crippen molar-refractivity contribution in [1.82, 2.24) is 4.90 Å². The fourth-order valence-electron chi connectivity index (χ4n) is 4.51. The normalized spacial score (nSPS) is 18.6. The second kappa shape index (κ2) is 9.85. The standard InChI is InChI=1S/C25H30N4O3/c26-24(31)19-9-10-22(28-12-5-2-6-13-28)21(15-19)27-25(32)20-16-23(30)29(17-20)14-11-18-7-3-1-4-8-18/h1,3-4,7-10,15,20H,2,5-6,11-14,16-17H2,(H2,26,31)(H,27,32). The molecule has 32 heavy (non-hydrogen) atoms. The molecule has 0 spiro atoms. The smallest absolute Gasteiger partial charge is 0.248 e. The van der Waals surface area contributed by atoms with Gasteiger partial charge in [-0.25, -0.2) is 0 Å². The molecule has 2 aromatic rings. The molecule has 2 saturated heterocycles. The minimum absolute atomic E-state index is 0.00298. The third-order valence-electron chi connectivity index (χ3n) is 6.33. The Morgan fingerprint density at radius 1 is 1.03 bits per heavy atom. The summed E-state index contributed by atoms with van der Waals surface area (Å²) in [5.41, 5.74) is 8.47. The van der Waals surface area contributed by atoms with Gasteiger partial charge in [-0.1, -0.05) is 30.3 Å². The van der Waals surface area contributed by atoms with Crippen molar-refractivity contribution in [2.24, 2.45) is 11.7 Å². The van der Waals surface area contributed by atoms with Crippen LogP contribution in [0.15, 0.2) is 48.5 Å². The van der Waals surface area contributed by atoms with Crippen LogP contribution in [0, 0.1) is 5.92 Å². The Hall–Kier alpha value is -3.35. The Kier molecular flexibility index (Phi) is 6.73.